The van der Waals surface area contributed by atoms with Gasteiger partial charge in [-0.25, -0.2) is 0 Å². The molecule has 0 aliphatic carbocycles. The molecule has 3 rings (SSSR count). The molecular formula is C21H23ClN2O4. The molecule has 0 spiro atoms. The lowest BCUT2D eigenvalue weighted by Gasteiger charge is -2.29. The van der Waals surface area contributed by atoms with Crippen LogP contribution in [0.4, 0.5) is 11.4 Å². The van der Waals surface area contributed by atoms with Crippen LogP contribution < -0.4 is 19.7 Å². The number of amides is 2. The number of para-hydroxylation sites is 2. The number of hydrogen-bond donors (Lipinski definition) is 1. The molecule has 2 aromatic rings. The number of fused-ring (bicyclic) bond motifs is 1. The number of hydrogen-bond acceptors (Lipinski definition) is 4. The Morgan fingerprint density at radius 2 is 2.00 bits per heavy atom. The Hall–Kier alpha value is -2.73. The highest BCUT2D eigenvalue weighted by Crippen LogP contribution is 2.38. The second kappa shape index (κ2) is 8.97. The van der Waals surface area contributed by atoms with E-state index in [1.807, 2.05) is 13.0 Å². The number of benzene rings is 2. The molecule has 7 heteroatoms. The van der Waals surface area contributed by atoms with E-state index < -0.39 is 0 Å². The van der Waals surface area contributed by atoms with Crippen molar-refractivity contribution >= 4 is 34.8 Å². The lowest BCUT2D eigenvalue weighted by atomic mass is 10.1. The Bertz CT molecular complexity index is 885. The second-order valence-electron chi connectivity index (χ2n) is 6.38. The highest BCUT2D eigenvalue weighted by atomic mass is 35.5. The van der Waals surface area contributed by atoms with Gasteiger partial charge in [0.15, 0.2) is 11.5 Å². The van der Waals surface area contributed by atoms with Crippen molar-refractivity contribution in [2.45, 2.75) is 26.7 Å². The van der Waals surface area contributed by atoms with E-state index in [9.17, 15) is 9.59 Å². The first kappa shape index (κ1) is 20.0. The monoisotopic (exact) mass is 402 g/mol. The molecule has 0 bridgehead atoms. The van der Waals surface area contributed by atoms with Crippen LogP contribution in [0.15, 0.2) is 36.4 Å². The smallest absolute Gasteiger partial charge is 0.259 e. The van der Waals surface area contributed by atoms with Gasteiger partial charge in [-0.15, -0.1) is 0 Å². The summed E-state index contributed by atoms with van der Waals surface area (Å²) in [5.74, 6) is 0.280. The number of unbranched alkanes of at least 4 members (excludes halogenated alkanes) is 1. The van der Waals surface area contributed by atoms with Crippen LogP contribution >= 0.6 is 11.6 Å². The minimum absolute atomic E-state index is 0.0633. The summed E-state index contributed by atoms with van der Waals surface area (Å²) in [5.41, 5.74) is 1.58. The summed E-state index contributed by atoms with van der Waals surface area (Å²) in [6.07, 6.45) is 1.89. The van der Waals surface area contributed by atoms with Gasteiger partial charge in [0.05, 0.1) is 29.6 Å². The maximum absolute atomic E-state index is 13.2. The minimum atomic E-state index is -0.328. The number of nitrogens with zero attached hydrogens (tertiary/aromatic N) is 1. The van der Waals surface area contributed by atoms with Crippen molar-refractivity contribution in [3.05, 3.63) is 47.0 Å². The highest BCUT2D eigenvalue weighted by Gasteiger charge is 2.28. The fraction of sp³-hybridized carbons (Fsp3) is 0.333. The molecule has 0 unspecified atom stereocenters. The Balaban J connectivity index is 1.95. The molecule has 0 fully saturated rings. The van der Waals surface area contributed by atoms with Crippen molar-refractivity contribution in [3.8, 4) is 11.5 Å². The van der Waals surface area contributed by atoms with Crippen LogP contribution in [0.5, 0.6) is 11.5 Å². The molecule has 28 heavy (non-hydrogen) atoms. The van der Waals surface area contributed by atoms with Crippen molar-refractivity contribution < 1.29 is 19.1 Å². The molecule has 1 aliphatic heterocycles. The predicted molar refractivity (Wildman–Crippen MR) is 110 cm³/mol. The number of halogens is 1. The molecule has 0 saturated heterocycles. The first-order chi connectivity index (χ1) is 13.5. The number of anilines is 2. The van der Waals surface area contributed by atoms with Gasteiger partial charge in [-0.05, 0) is 37.6 Å². The zero-order valence-corrected chi connectivity index (χ0v) is 16.7. The van der Waals surface area contributed by atoms with Crippen molar-refractivity contribution in [2.75, 3.05) is 30.0 Å². The molecule has 0 saturated carbocycles. The van der Waals surface area contributed by atoms with Gasteiger partial charge in [-0.2, -0.15) is 0 Å². The molecule has 1 N–H and O–H groups in total. The van der Waals surface area contributed by atoms with Crippen LogP contribution in [0.3, 0.4) is 0 Å². The average molecular weight is 403 g/mol. The summed E-state index contributed by atoms with van der Waals surface area (Å²) in [4.78, 5) is 26.7. The van der Waals surface area contributed by atoms with Gasteiger partial charge in [0.2, 0.25) is 5.91 Å². The van der Waals surface area contributed by atoms with Gasteiger partial charge in [-0.1, -0.05) is 37.1 Å². The Morgan fingerprint density at radius 3 is 2.75 bits per heavy atom. The molecule has 1 aliphatic rings. The average Bonchev–Trinajstić information content (AvgIpc) is 2.68. The predicted octanol–water partition coefficient (Wildman–Crippen LogP) is 4.52. The summed E-state index contributed by atoms with van der Waals surface area (Å²) in [5, 5.41) is 3.08. The first-order valence-electron chi connectivity index (χ1n) is 9.35. The number of rotatable bonds is 7. The maximum atomic E-state index is 13.2. The third-order valence-electron chi connectivity index (χ3n) is 4.32. The number of carbonyl (C=O) groups is 2. The second-order valence-corrected chi connectivity index (χ2v) is 6.78. The van der Waals surface area contributed by atoms with E-state index in [4.69, 9.17) is 21.1 Å². The van der Waals surface area contributed by atoms with Gasteiger partial charge in [0, 0.05) is 5.56 Å². The van der Waals surface area contributed by atoms with E-state index in [1.54, 1.807) is 30.3 Å². The van der Waals surface area contributed by atoms with Gasteiger partial charge in [0.25, 0.3) is 5.91 Å². The van der Waals surface area contributed by atoms with Crippen LogP contribution in [0, 0.1) is 0 Å². The van der Waals surface area contributed by atoms with Crippen molar-refractivity contribution in [1.82, 2.24) is 0 Å². The third-order valence-corrected chi connectivity index (χ3v) is 4.60. The van der Waals surface area contributed by atoms with Crippen molar-refractivity contribution in [2.24, 2.45) is 0 Å². The van der Waals surface area contributed by atoms with Crippen LogP contribution in [0.1, 0.15) is 37.0 Å². The van der Waals surface area contributed by atoms with Crippen LogP contribution in [0.25, 0.3) is 0 Å². The molecule has 148 valence electrons. The topological polar surface area (TPSA) is 67.9 Å². The zero-order valence-electron chi connectivity index (χ0n) is 16.0. The fourth-order valence-corrected chi connectivity index (χ4v) is 3.25. The van der Waals surface area contributed by atoms with E-state index >= 15 is 0 Å². The van der Waals surface area contributed by atoms with Gasteiger partial charge < -0.3 is 14.8 Å². The number of ether oxygens (including phenoxy) is 2. The third kappa shape index (κ3) is 4.22. The van der Waals surface area contributed by atoms with Crippen LogP contribution in [-0.2, 0) is 4.79 Å². The van der Waals surface area contributed by atoms with E-state index in [-0.39, 0.29) is 18.4 Å². The highest BCUT2D eigenvalue weighted by molar-refractivity contribution is 6.33. The molecule has 0 aromatic heterocycles. The Morgan fingerprint density at radius 1 is 1.21 bits per heavy atom. The normalized spacial score (nSPS) is 13.0. The summed E-state index contributed by atoms with van der Waals surface area (Å²) < 4.78 is 11.4. The minimum Gasteiger partial charge on any atom is -0.490 e. The maximum Gasteiger partial charge on any atom is 0.259 e. The van der Waals surface area contributed by atoms with E-state index in [1.165, 1.54) is 4.90 Å². The number of nitrogens with one attached hydrogen (secondary N) is 1. The number of carbonyl (C=O) groups excluding carboxylic acids is 2. The van der Waals surface area contributed by atoms with Crippen molar-refractivity contribution in [3.63, 3.8) is 0 Å². The summed E-state index contributed by atoms with van der Waals surface area (Å²) >= 11 is 6.41. The van der Waals surface area contributed by atoms with Gasteiger partial charge in [0.1, 0.15) is 6.54 Å². The lowest BCUT2D eigenvalue weighted by Crippen LogP contribution is -2.42. The summed E-state index contributed by atoms with van der Waals surface area (Å²) in [6, 6.07) is 10.4. The molecule has 1 heterocycles. The quantitative estimate of drug-likeness (QED) is 0.691. The molecule has 0 radical (unpaired) electrons. The fourth-order valence-electron chi connectivity index (χ4n) is 2.98. The molecule has 2 amide bonds. The summed E-state index contributed by atoms with van der Waals surface area (Å²) in [6.45, 7) is 4.79. The largest absolute Gasteiger partial charge is 0.490 e. The SMILES string of the molecule is CCCCOc1c(Cl)cc(C(=O)N2CC(=O)Nc3ccccc32)cc1OCC. The van der Waals surface area contributed by atoms with Crippen molar-refractivity contribution in [1.29, 1.82) is 0 Å². The van der Waals surface area contributed by atoms with Gasteiger partial charge >= 0.3 is 0 Å². The Labute approximate surface area is 169 Å². The van der Waals surface area contributed by atoms with E-state index in [0.717, 1.165) is 12.8 Å². The van der Waals surface area contributed by atoms with Crippen LogP contribution in [-0.4, -0.2) is 31.6 Å². The van der Waals surface area contributed by atoms with E-state index in [2.05, 4.69) is 12.2 Å². The first-order valence-corrected chi connectivity index (χ1v) is 9.72. The van der Waals surface area contributed by atoms with Crippen LogP contribution in [0.2, 0.25) is 5.02 Å². The Kier molecular flexibility index (Phi) is 6.41. The standard InChI is InChI=1S/C21H23ClN2O4/c1-3-5-10-28-20-15(22)11-14(12-18(20)27-4-2)21(26)24-13-19(25)23-16-8-6-7-9-17(16)24/h6-9,11-12H,3-5,10,13H2,1-2H3,(H,23,25). The van der Waals surface area contributed by atoms with E-state index in [0.29, 0.717) is 46.7 Å². The molecule has 0 atom stereocenters. The molecule has 6 nitrogen and oxygen atoms in total. The zero-order chi connectivity index (χ0) is 20.1. The molecule has 2 aromatic carbocycles. The molecular weight excluding hydrogens is 380 g/mol. The van der Waals surface area contributed by atoms with Gasteiger partial charge in [-0.3, -0.25) is 14.5 Å². The lowest BCUT2D eigenvalue weighted by molar-refractivity contribution is -0.115. The summed E-state index contributed by atoms with van der Waals surface area (Å²) in [7, 11) is 0.